The first-order chi connectivity index (χ1) is 26.8. The molecule has 1 aliphatic rings. The minimum Gasteiger partial charge on any atom is -0.377 e. The average Bonchev–Trinajstić information content (AvgIpc) is 3.43. The summed E-state index contributed by atoms with van der Waals surface area (Å²) < 4.78 is 0. The van der Waals surface area contributed by atoms with E-state index in [2.05, 4.69) is 80.2 Å². The number of amides is 3. The van der Waals surface area contributed by atoms with Crippen molar-refractivity contribution in [2.24, 2.45) is 5.92 Å². The van der Waals surface area contributed by atoms with E-state index in [1.807, 2.05) is 45.8 Å². The number of allylic oxidation sites excluding steroid dienone is 2. The molecule has 0 saturated carbocycles. The summed E-state index contributed by atoms with van der Waals surface area (Å²) in [4.78, 5) is 67.5. The highest BCUT2D eigenvalue weighted by Gasteiger charge is 2.34. The topological polar surface area (TPSA) is 155 Å². The van der Waals surface area contributed by atoms with Gasteiger partial charge in [0.2, 0.25) is 5.91 Å². The SMILES string of the molecule is C/C=C(\C)CCNC(=O)CNC.C=C=CCC.C=O.CC.CC(=O)CNc1cccnc1.CC(C)C.CC=O.CSCCCCN1C(=O)c2ccccc2C1=O. The van der Waals surface area contributed by atoms with Crippen molar-refractivity contribution >= 4 is 54.0 Å². The Hall–Kier alpha value is -4.64. The molecular weight excluding hydrogens is 727 g/mol. The molecule has 0 atom stereocenters. The van der Waals surface area contributed by atoms with Crippen LogP contribution in [0.4, 0.5) is 5.69 Å². The van der Waals surface area contributed by atoms with Gasteiger partial charge in [-0.2, -0.15) is 11.8 Å². The van der Waals surface area contributed by atoms with Crippen LogP contribution in [0.5, 0.6) is 0 Å². The predicted molar refractivity (Wildman–Crippen MR) is 239 cm³/mol. The van der Waals surface area contributed by atoms with E-state index in [0.717, 1.165) is 55.9 Å². The van der Waals surface area contributed by atoms with E-state index < -0.39 is 0 Å². The number of ketones is 1. The third-order valence-electron chi connectivity index (χ3n) is 6.08. The van der Waals surface area contributed by atoms with Gasteiger partial charge in [0.25, 0.3) is 11.8 Å². The zero-order valence-electron chi connectivity index (χ0n) is 36.5. The standard InChI is InChI=1S/C13H15NO2S.C9H18N2O.C8H10N2O.C5H8.C4H10.C2H4O.C2H6.CH2O/c1-17-9-5-4-8-14-12(15)10-6-2-3-7-11(10)13(14)16;1-4-8(2)5-6-11-9(12)7-10-3;1-7(11)5-10-8-3-2-4-9-6-8;1-3-5-4-2;1-4(2)3;1-2-3;2*1-2/h2-3,6-7H,4-5,8-9H2,1H3;4,10H,5-7H2,1-3H3,(H,11,12);2-4,6,10H,5H2,1H3;5H,1,4H2,2H3;4H,1-3H3;2H,1H3;1-2H3;1H2/b;8-4+;;;;;;. The van der Waals surface area contributed by atoms with Crippen molar-refractivity contribution in [3.8, 4) is 0 Å². The second kappa shape index (κ2) is 46.5. The monoisotopic (exact) mass is 800 g/mol. The molecule has 11 nitrogen and oxygen atoms in total. The van der Waals surface area contributed by atoms with Gasteiger partial charge in [-0.15, -0.1) is 5.73 Å². The van der Waals surface area contributed by atoms with Crippen molar-refractivity contribution in [1.82, 2.24) is 20.5 Å². The lowest BCUT2D eigenvalue weighted by molar-refractivity contribution is -0.120. The summed E-state index contributed by atoms with van der Waals surface area (Å²) in [6.07, 6.45) is 14.0. The molecule has 1 aliphatic heterocycles. The highest BCUT2D eigenvalue weighted by atomic mass is 32.2. The summed E-state index contributed by atoms with van der Waals surface area (Å²) in [6, 6.07) is 10.7. The van der Waals surface area contributed by atoms with Crippen LogP contribution in [0.25, 0.3) is 0 Å². The lowest BCUT2D eigenvalue weighted by atomic mass is 10.1. The van der Waals surface area contributed by atoms with Gasteiger partial charge in [-0.25, -0.2) is 0 Å². The van der Waals surface area contributed by atoms with E-state index in [9.17, 15) is 19.2 Å². The molecule has 316 valence electrons. The maximum atomic E-state index is 12.0. The number of carbonyl (C=O) groups is 6. The first-order valence-electron chi connectivity index (χ1n) is 18.9. The number of rotatable bonds is 14. The molecular formula is C44H73N5O6S. The fraction of sp³-hybridized carbons (Fsp3) is 0.500. The van der Waals surface area contributed by atoms with Gasteiger partial charge in [-0.05, 0) is 109 Å². The fourth-order valence-electron chi connectivity index (χ4n) is 3.56. The highest BCUT2D eigenvalue weighted by molar-refractivity contribution is 7.98. The maximum absolute atomic E-state index is 12.0. The number of thioether (sulfide) groups is 1. The second-order valence-electron chi connectivity index (χ2n) is 11.9. The van der Waals surface area contributed by atoms with Crippen LogP contribution in [0.3, 0.4) is 0 Å². The van der Waals surface area contributed by atoms with E-state index in [4.69, 9.17) is 9.59 Å². The summed E-state index contributed by atoms with van der Waals surface area (Å²) >= 11 is 1.78. The Balaban J connectivity index is -0.000000198. The van der Waals surface area contributed by atoms with Gasteiger partial charge in [-0.3, -0.25) is 29.1 Å². The van der Waals surface area contributed by atoms with Gasteiger partial charge in [0.1, 0.15) is 18.9 Å². The molecule has 0 aliphatic carbocycles. The van der Waals surface area contributed by atoms with E-state index in [1.165, 1.54) is 17.4 Å². The summed E-state index contributed by atoms with van der Waals surface area (Å²) in [7, 11) is 1.76. The zero-order valence-corrected chi connectivity index (χ0v) is 37.3. The Morgan fingerprint density at radius 3 is 1.88 bits per heavy atom. The number of nitrogens with zero attached hydrogens (tertiary/aromatic N) is 2. The molecule has 12 heteroatoms. The number of nitrogens with one attached hydrogen (secondary N) is 3. The molecule has 0 fully saturated rings. The molecule has 56 heavy (non-hydrogen) atoms. The largest absolute Gasteiger partial charge is 0.377 e. The minimum atomic E-state index is -0.144. The molecule has 0 saturated heterocycles. The van der Waals surface area contributed by atoms with Crippen LogP contribution in [0.15, 0.2) is 78.8 Å². The van der Waals surface area contributed by atoms with Crippen LogP contribution in [0, 0.1) is 5.92 Å². The number of unbranched alkanes of at least 4 members (excludes halogenated alkanes) is 1. The second-order valence-corrected chi connectivity index (χ2v) is 12.8. The molecule has 3 N–H and O–H groups in total. The minimum absolute atomic E-state index is 0.0569. The molecule has 1 aromatic heterocycles. The molecule has 2 heterocycles. The third kappa shape index (κ3) is 39.1. The number of aldehydes is 1. The summed E-state index contributed by atoms with van der Waals surface area (Å²) in [6.45, 7) is 27.0. The third-order valence-corrected chi connectivity index (χ3v) is 6.78. The molecule has 1 aromatic carbocycles. The number of anilines is 1. The van der Waals surface area contributed by atoms with Crippen molar-refractivity contribution in [2.75, 3.05) is 50.6 Å². The van der Waals surface area contributed by atoms with Crippen LogP contribution < -0.4 is 16.0 Å². The number of hydrogen-bond acceptors (Lipinski definition) is 10. The predicted octanol–water partition coefficient (Wildman–Crippen LogP) is 8.63. The first-order valence-corrected chi connectivity index (χ1v) is 20.3. The maximum Gasteiger partial charge on any atom is 0.261 e. The van der Waals surface area contributed by atoms with Gasteiger partial charge in [0.15, 0.2) is 0 Å². The number of likely N-dealkylation sites (N-methyl/N-ethyl adjacent to an activating group) is 1. The number of pyridine rings is 1. The summed E-state index contributed by atoms with van der Waals surface area (Å²) in [5, 5.41) is 8.53. The van der Waals surface area contributed by atoms with Crippen molar-refractivity contribution < 1.29 is 28.8 Å². The van der Waals surface area contributed by atoms with Gasteiger partial charge >= 0.3 is 0 Å². The number of carbonyl (C=O) groups excluding carboxylic acids is 6. The van der Waals surface area contributed by atoms with Gasteiger partial charge in [0.05, 0.1) is 29.9 Å². The Labute approximate surface area is 343 Å². The van der Waals surface area contributed by atoms with Gasteiger partial charge < -0.3 is 25.5 Å². The first kappa shape index (κ1) is 60.6. The number of benzene rings is 1. The van der Waals surface area contributed by atoms with Crippen LogP contribution >= 0.6 is 11.8 Å². The number of Topliss-reactive ketones (excluding diaryl/α,β-unsaturated/α-hetero) is 1. The van der Waals surface area contributed by atoms with E-state index in [1.54, 1.807) is 62.4 Å². The molecule has 0 radical (unpaired) electrons. The van der Waals surface area contributed by atoms with E-state index in [-0.39, 0.29) is 23.5 Å². The number of aromatic nitrogens is 1. The Morgan fingerprint density at radius 1 is 0.964 bits per heavy atom. The zero-order chi connectivity index (χ0) is 44.2. The van der Waals surface area contributed by atoms with E-state index in [0.29, 0.717) is 30.8 Å². The fourth-order valence-corrected chi connectivity index (χ4v) is 4.06. The lowest BCUT2D eigenvalue weighted by Crippen LogP contribution is -2.32. The Kier molecular flexibility index (Phi) is 50.3. The van der Waals surface area contributed by atoms with Crippen molar-refractivity contribution in [2.45, 2.75) is 94.9 Å². The van der Waals surface area contributed by atoms with Crippen molar-refractivity contribution in [3.63, 3.8) is 0 Å². The van der Waals surface area contributed by atoms with Crippen LogP contribution in [-0.2, 0) is 19.2 Å². The molecule has 3 amide bonds. The number of fused-ring (bicyclic) bond motifs is 1. The van der Waals surface area contributed by atoms with Crippen LogP contribution in [-0.4, -0.2) is 91.7 Å². The van der Waals surface area contributed by atoms with Crippen LogP contribution in [0.1, 0.15) is 116 Å². The quantitative estimate of drug-likeness (QED) is 0.0556. The normalized spacial score (nSPS) is 10.2. The number of hydrogen-bond donors (Lipinski definition) is 3. The van der Waals surface area contributed by atoms with Gasteiger partial charge in [-0.1, -0.05) is 71.9 Å². The molecule has 0 bridgehead atoms. The smallest absolute Gasteiger partial charge is 0.261 e. The number of imide groups is 1. The highest BCUT2D eigenvalue weighted by Crippen LogP contribution is 2.22. The van der Waals surface area contributed by atoms with Gasteiger partial charge in [0, 0.05) is 25.5 Å². The Morgan fingerprint density at radius 2 is 1.50 bits per heavy atom. The van der Waals surface area contributed by atoms with Crippen molar-refractivity contribution in [3.05, 3.63) is 90.0 Å². The summed E-state index contributed by atoms with van der Waals surface area (Å²) in [5.74, 6) is 1.79. The van der Waals surface area contributed by atoms with Crippen molar-refractivity contribution in [1.29, 1.82) is 0 Å². The Bertz CT molecular complexity index is 1320. The molecule has 3 rings (SSSR count). The summed E-state index contributed by atoms with van der Waals surface area (Å²) in [5.41, 5.74) is 5.91. The molecule has 0 unspecified atom stereocenters. The van der Waals surface area contributed by atoms with E-state index >= 15 is 0 Å². The average molecular weight is 800 g/mol. The van der Waals surface area contributed by atoms with Crippen LogP contribution in [0.2, 0.25) is 0 Å². The molecule has 2 aromatic rings. The molecule has 0 spiro atoms. The lowest BCUT2D eigenvalue weighted by Gasteiger charge is -2.12.